The predicted molar refractivity (Wildman–Crippen MR) is 77.1 cm³/mol. The smallest absolute Gasteiger partial charge is 0.255 e. The first-order valence-electron chi connectivity index (χ1n) is 6.51. The summed E-state index contributed by atoms with van der Waals surface area (Å²) in [5, 5.41) is -0.417. The van der Waals surface area contributed by atoms with E-state index in [-0.39, 0.29) is 16.9 Å². The Morgan fingerprint density at radius 3 is 2.57 bits per heavy atom. The number of rotatable bonds is 5. The van der Waals surface area contributed by atoms with Crippen LogP contribution in [0, 0.1) is 0 Å². The molecule has 7 heteroatoms. The second kappa shape index (κ2) is 6.09. The van der Waals surface area contributed by atoms with Crippen molar-refractivity contribution in [2.45, 2.75) is 36.4 Å². The third kappa shape index (κ3) is 3.49. The van der Waals surface area contributed by atoms with Crippen LogP contribution in [0.3, 0.4) is 0 Å². The Morgan fingerprint density at radius 1 is 1.29 bits per heavy atom. The van der Waals surface area contributed by atoms with E-state index in [1.807, 2.05) is 13.8 Å². The van der Waals surface area contributed by atoms with Crippen LogP contribution in [-0.4, -0.2) is 24.5 Å². The van der Waals surface area contributed by atoms with Crippen LogP contribution < -0.4 is 10.3 Å². The molecule has 1 N–H and O–H groups in total. The summed E-state index contributed by atoms with van der Waals surface area (Å²) in [5.41, 5.74) is -0.571. The van der Waals surface area contributed by atoms with Gasteiger partial charge in [-0.25, -0.2) is 8.42 Å². The molecule has 0 saturated heterocycles. The molecule has 0 aliphatic rings. The highest BCUT2D eigenvalue weighted by molar-refractivity contribution is 7.91. The van der Waals surface area contributed by atoms with Gasteiger partial charge in [0.1, 0.15) is 0 Å². The molecule has 1 unspecified atom stereocenters. The van der Waals surface area contributed by atoms with Crippen LogP contribution >= 0.6 is 0 Å². The predicted octanol–water partition coefficient (Wildman–Crippen LogP) is 1.78. The van der Waals surface area contributed by atoms with Gasteiger partial charge in [0.2, 0.25) is 20.9 Å². The van der Waals surface area contributed by atoms with Crippen LogP contribution in [0.15, 0.2) is 51.2 Å². The number of hydrogen-bond acceptors (Lipinski definition) is 5. The number of ether oxygens (including phenoxy) is 1. The van der Waals surface area contributed by atoms with Crippen molar-refractivity contribution < 1.29 is 13.2 Å². The molecule has 0 spiro atoms. The van der Waals surface area contributed by atoms with E-state index in [1.165, 1.54) is 12.1 Å². The number of hydrogen-bond donors (Lipinski definition) is 1. The van der Waals surface area contributed by atoms with Gasteiger partial charge in [-0.05, 0) is 25.5 Å². The molecule has 0 fully saturated rings. The molecule has 0 saturated carbocycles. The van der Waals surface area contributed by atoms with Gasteiger partial charge in [-0.1, -0.05) is 25.1 Å². The molecule has 21 heavy (non-hydrogen) atoms. The van der Waals surface area contributed by atoms with Gasteiger partial charge in [0.15, 0.2) is 0 Å². The zero-order chi connectivity index (χ0) is 15.5. The lowest BCUT2D eigenvalue weighted by Crippen LogP contribution is -2.18. The molecule has 6 nitrogen and oxygen atoms in total. The van der Waals surface area contributed by atoms with E-state index < -0.39 is 20.6 Å². The van der Waals surface area contributed by atoms with E-state index >= 15 is 0 Å². The van der Waals surface area contributed by atoms with Gasteiger partial charge in [0.25, 0.3) is 5.56 Å². The average molecular weight is 308 g/mol. The Labute approximate surface area is 122 Å². The van der Waals surface area contributed by atoms with Crippen molar-refractivity contribution in [1.29, 1.82) is 0 Å². The van der Waals surface area contributed by atoms with E-state index in [4.69, 9.17) is 4.74 Å². The first kappa shape index (κ1) is 15.2. The molecular weight excluding hydrogens is 292 g/mol. The zero-order valence-corrected chi connectivity index (χ0v) is 12.6. The van der Waals surface area contributed by atoms with Crippen LogP contribution in [0.2, 0.25) is 0 Å². The van der Waals surface area contributed by atoms with E-state index in [9.17, 15) is 13.2 Å². The van der Waals surface area contributed by atoms with Gasteiger partial charge < -0.3 is 4.74 Å². The molecule has 112 valence electrons. The summed E-state index contributed by atoms with van der Waals surface area (Å²) in [6.45, 7) is 3.73. The van der Waals surface area contributed by atoms with Crippen molar-refractivity contribution >= 4 is 9.84 Å². The topological polar surface area (TPSA) is 89.1 Å². The zero-order valence-electron chi connectivity index (χ0n) is 11.7. The van der Waals surface area contributed by atoms with E-state index in [1.54, 1.807) is 18.2 Å². The SMILES string of the molecule is CCC(C)Oc1cc(=O)[nH]c(S(=O)(=O)c2ccccc2)n1. The standard InChI is InChI=1S/C14H16N2O4S/c1-3-10(2)20-13-9-12(17)15-14(16-13)21(18,19)11-7-5-4-6-8-11/h4-10H,3H2,1-2H3,(H,15,16,17). The maximum Gasteiger partial charge on any atom is 0.255 e. The highest BCUT2D eigenvalue weighted by Crippen LogP contribution is 2.18. The van der Waals surface area contributed by atoms with Crippen molar-refractivity contribution in [2.75, 3.05) is 0 Å². The number of nitrogens with zero attached hydrogens (tertiary/aromatic N) is 1. The molecule has 1 atom stereocenters. The Hall–Kier alpha value is -2.15. The lowest BCUT2D eigenvalue weighted by molar-refractivity contribution is 0.206. The molecule has 0 radical (unpaired) electrons. The molecule has 0 aliphatic carbocycles. The van der Waals surface area contributed by atoms with Gasteiger partial charge in [0, 0.05) is 0 Å². The summed E-state index contributed by atoms with van der Waals surface area (Å²) in [6.07, 6.45) is 0.557. The van der Waals surface area contributed by atoms with E-state index in [0.717, 1.165) is 12.5 Å². The monoisotopic (exact) mass is 308 g/mol. The van der Waals surface area contributed by atoms with Crippen molar-refractivity contribution in [1.82, 2.24) is 9.97 Å². The van der Waals surface area contributed by atoms with Gasteiger partial charge in [-0.3, -0.25) is 9.78 Å². The second-order valence-corrected chi connectivity index (χ2v) is 6.41. The van der Waals surface area contributed by atoms with E-state index in [0.29, 0.717) is 0 Å². The number of nitrogens with one attached hydrogen (secondary N) is 1. The maximum atomic E-state index is 12.4. The van der Waals surface area contributed by atoms with Crippen LogP contribution in [0.4, 0.5) is 0 Å². The molecular formula is C14H16N2O4S. The third-order valence-corrected chi connectivity index (χ3v) is 4.50. The Morgan fingerprint density at radius 2 is 1.95 bits per heavy atom. The highest BCUT2D eigenvalue weighted by atomic mass is 32.2. The van der Waals surface area contributed by atoms with Crippen LogP contribution in [0.5, 0.6) is 5.88 Å². The van der Waals surface area contributed by atoms with Crippen LogP contribution in [-0.2, 0) is 9.84 Å². The number of aromatic amines is 1. The van der Waals surface area contributed by atoms with Gasteiger partial charge in [0.05, 0.1) is 17.1 Å². The molecule has 0 bridgehead atoms. The largest absolute Gasteiger partial charge is 0.474 e. The number of H-pyrrole nitrogens is 1. The summed E-state index contributed by atoms with van der Waals surface area (Å²) in [4.78, 5) is 17.8. The van der Waals surface area contributed by atoms with Gasteiger partial charge in [-0.15, -0.1) is 0 Å². The van der Waals surface area contributed by atoms with Crippen molar-refractivity contribution in [3.63, 3.8) is 0 Å². The Kier molecular flexibility index (Phi) is 4.42. The lowest BCUT2D eigenvalue weighted by atomic mass is 10.3. The highest BCUT2D eigenvalue weighted by Gasteiger charge is 2.21. The minimum absolute atomic E-state index is 0.00241. The Balaban J connectivity index is 2.47. The molecule has 0 amide bonds. The fourth-order valence-electron chi connectivity index (χ4n) is 1.60. The van der Waals surface area contributed by atoms with Crippen LogP contribution in [0.1, 0.15) is 20.3 Å². The first-order valence-corrected chi connectivity index (χ1v) is 8.00. The summed E-state index contributed by atoms with van der Waals surface area (Å²) >= 11 is 0. The molecule has 0 aliphatic heterocycles. The van der Waals surface area contributed by atoms with Crippen molar-refractivity contribution in [3.05, 3.63) is 46.8 Å². The number of aromatic nitrogens is 2. The van der Waals surface area contributed by atoms with E-state index in [2.05, 4.69) is 9.97 Å². The van der Waals surface area contributed by atoms with Gasteiger partial charge >= 0.3 is 0 Å². The van der Waals surface area contributed by atoms with Crippen molar-refractivity contribution in [2.24, 2.45) is 0 Å². The number of sulfone groups is 1. The third-order valence-electron chi connectivity index (χ3n) is 2.90. The quantitative estimate of drug-likeness (QED) is 0.850. The molecule has 1 aromatic heterocycles. The normalized spacial score (nSPS) is 12.9. The summed E-state index contributed by atoms with van der Waals surface area (Å²) in [7, 11) is -3.87. The fourth-order valence-corrected chi connectivity index (χ4v) is 2.79. The lowest BCUT2D eigenvalue weighted by Gasteiger charge is -2.12. The minimum atomic E-state index is -3.87. The molecule has 1 heterocycles. The molecule has 2 rings (SSSR count). The summed E-state index contributed by atoms with van der Waals surface area (Å²) in [6, 6.07) is 8.93. The van der Waals surface area contributed by atoms with Crippen LogP contribution in [0.25, 0.3) is 0 Å². The summed E-state index contributed by atoms with van der Waals surface area (Å²) in [5.74, 6) is 0.00241. The molecule has 1 aromatic carbocycles. The Bertz CT molecular complexity index is 769. The maximum absolute atomic E-state index is 12.4. The minimum Gasteiger partial charge on any atom is -0.474 e. The average Bonchev–Trinajstić information content (AvgIpc) is 2.47. The van der Waals surface area contributed by atoms with Crippen molar-refractivity contribution in [3.8, 4) is 5.88 Å². The first-order chi connectivity index (χ1) is 9.93. The number of benzene rings is 1. The van der Waals surface area contributed by atoms with Gasteiger partial charge in [-0.2, -0.15) is 4.98 Å². The summed E-state index contributed by atoms with van der Waals surface area (Å²) < 4.78 is 30.2. The second-order valence-electron chi connectivity index (χ2n) is 4.54. The fraction of sp³-hybridized carbons (Fsp3) is 0.286. The molecule has 2 aromatic rings.